The third kappa shape index (κ3) is 4.06. The van der Waals surface area contributed by atoms with Crippen LogP contribution in [0.4, 0.5) is 11.5 Å². The van der Waals surface area contributed by atoms with E-state index in [1.165, 1.54) is 0 Å². The molecule has 2 aromatic heterocycles. The van der Waals surface area contributed by atoms with Crippen LogP contribution >= 0.6 is 15.9 Å². The molecule has 4 rings (SSSR count). The van der Waals surface area contributed by atoms with E-state index in [1.54, 1.807) is 6.20 Å². The Labute approximate surface area is 178 Å². The lowest BCUT2D eigenvalue weighted by atomic mass is 10.2. The van der Waals surface area contributed by atoms with Crippen LogP contribution in [0.1, 0.15) is 21.7 Å². The number of amides is 1. The van der Waals surface area contributed by atoms with Gasteiger partial charge in [-0.2, -0.15) is 0 Å². The monoisotopic (exact) mass is 454 g/mol. The summed E-state index contributed by atoms with van der Waals surface area (Å²) in [4.78, 5) is 19.8. The summed E-state index contributed by atoms with van der Waals surface area (Å²) in [5, 5.41) is 3.06. The highest BCUT2D eigenvalue weighted by Crippen LogP contribution is 2.26. The molecule has 0 saturated carbocycles. The van der Waals surface area contributed by atoms with Crippen LogP contribution in [0.2, 0.25) is 0 Å². The minimum atomic E-state index is -0.135. The molecular weight excluding hydrogens is 432 g/mol. The van der Waals surface area contributed by atoms with Crippen molar-refractivity contribution in [1.82, 2.24) is 9.55 Å². The average Bonchev–Trinajstić information content (AvgIpc) is 3.04. The van der Waals surface area contributed by atoms with Gasteiger partial charge in [0, 0.05) is 40.8 Å². The normalized spacial score (nSPS) is 14.1. The van der Waals surface area contributed by atoms with Crippen molar-refractivity contribution in [3.8, 4) is 5.69 Å². The minimum Gasteiger partial charge on any atom is -0.378 e. The van der Waals surface area contributed by atoms with Gasteiger partial charge in [0.2, 0.25) is 0 Å². The largest absolute Gasteiger partial charge is 0.378 e. The first-order valence-corrected chi connectivity index (χ1v) is 10.4. The molecule has 1 aliphatic rings. The van der Waals surface area contributed by atoms with Crippen LogP contribution < -0.4 is 10.2 Å². The fourth-order valence-electron chi connectivity index (χ4n) is 3.69. The molecule has 0 spiro atoms. The molecular formula is C22H23BrN4O2. The Morgan fingerprint density at radius 2 is 1.86 bits per heavy atom. The van der Waals surface area contributed by atoms with Crippen LogP contribution in [0.5, 0.6) is 0 Å². The Bertz CT molecular complexity index is 1020. The van der Waals surface area contributed by atoms with Crippen LogP contribution in [-0.4, -0.2) is 41.8 Å². The number of nitrogens with zero attached hydrogens (tertiary/aromatic N) is 3. The van der Waals surface area contributed by atoms with Gasteiger partial charge in [0.25, 0.3) is 5.91 Å². The van der Waals surface area contributed by atoms with Gasteiger partial charge in [0.1, 0.15) is 0 Å². The van der Waals surface area contributed by atoms with Crippen LogP contribution in [-0.2, 0) is 4.74 Å². The van der Waals surface area contributed by atoms with Gasteiger partial charge in [-0.25, -0.2) is 4.98 Å². The van der Waals surface area contributed by atoms with Crippen molar-refractivity contribution in [2.75, 3.05) is 36.5 Å². The molecule has 1 saturated heterocycles. The van der Waals surface area contributed by atoms with Gasteiger partial charge in [0.15, 0.2) is 5.82 Å². The molecule has 1 amide bonds. The highest BCUT2D eigenvalue weighted by molar-refractivity contribution is 9.10. The summed E-state index contributed by atoms with van der Waals surface area (Å²) >= 11 is 3.47. The van der Waals surface area contributed by atoms with E-state index in [0.29, 0.717) is 24.5 Å². The second-order valence-corrected chi connectivity index (χ2v) is 7.94. The van der Waals surface area contributed by atoms with Gasteiger partial charge in [-0.3, -0.25) is 4.79 Å². The first-order chi connectivity index (χ1) is 14.0. The molecule has 0 atom stereocenters. The number of anilines is 2. The lowest BCUT2D eigenvalue weighted by Gasteiger charge is -2.29. The highest BCUT2D eigenvalue weighted by atomic mass is 79.9. The second kappa shape index (κ2) is 8.39. The van der Waals surface area contributed by atoms with Gasteiger partial charge >= 0.3 is 0 Å². The quantitative estimate of drug-likeness (QED) is 0.636. The van der Waals surface area contributed by atoms with Crippen molar-refractivity contribution in [1.29, 1.82) is 0 Å². The van der Waals surface area contributed by atoms with E-state index >= 15 is 0 Å². The molecule has 1 N–H and O–H groups in total. The van der Waals surface area contributed by atoms with Gasteiger partial charge < -0.3 is 19.5 Å². The number of aryl methyl sites for hydroxylation is 1. The summed E-state index contributed by atoms with van der Waals surface area (Å²) in [6, 6.07) is 13.7. The maximum Gasteiger partial charge on any atom is 0.257 e. The lowest BCUT2D eigenvalue weighted by Crippen LogP contribution is -2.37. The van der Waals surface area contributed by atoms with Gasteiger partial charge in [0.05, 0.1) is 24.5 Å². The first kappa shape index (κ1) is 19.7. The van der Waals surface area contributed by atoms with Crippen molar-refractivity contribution in [2.45, 2.75) is 13.8 Å². The number of carbonyl (C=O) groups is 1. The van der Waals surface area contributed by atoms with Crippen LogP contribution in [0, 0.1) is 13.8 Å². The van der Waals surface area contributed by atoms with E-state index < -0.39 is 0 Å². The molecule has 150 valence electrons. The molecule has 29 heavy (non-hydrogen) atoms. The Morgan fingerprint density at radius 3 is 2.59 bits per heavy atom. The van der Waals surface area contributed by atoms with Gasteiger partial charge in [-0.15, -0.1) is 0 Å². The smallest absolute Gasteiger partial charge is 0.257 e. The Balaban J connectivity index is 1.62. The zero-order valence-electron chi connectivity index (χ0n) is 16.5. The van der Waals surface area contributed by atoms with Gasteiger partial charge in [-0.1, -0.05) is 15.9 Å². The average molecular weight is 455 g/mol. The number of morpholine rings is 1. The molecule has 1 aliphatic heterocycles. The molecule has 6 nitrogen and oxygen atoms in total. The molecule has 0 aliphatic carbocycles. The minimum absolute atomic E-state index is 0.135. The number of aromatic nitrogens is 2. The van der Waals surface area contributed by atoms with Gasteiger partial charge in [-0.05, 0) is 56.3 Å². The van der Waals surface area contributed by atoms with Crippen molar-refractivity contribution in [3.05, 3.63) is 70.1 Å². The molecule has 0 unspecified atom stereocenters. The van der Waals surface area contributed by atoms with Crippen molar-refractivity contribution in [3.63, 3.8) is 0 Å². The number of rotatable bonds is 4. The molecule has 1 fully saturated rings. The zero-order chi connectivity index (χ0) is 20.4. The van der Waals surface area contributed by atoms with E-state index in [1.807, 2.05) is 56.3 Å². The van der Waals surface area contributed by atoms with E-state index in [2.05, 4.69) is 35.7 Å². The summed E-state index contributed by atoms with van der Waals surface area (Å²) in [5.74, 6) is 0.648. The number of nitrogens with one attached hydrogen (secondary N) is 1. The first-order valence-electron chi connectivity index (χ1n) is 9.58. The van der Waals surface area contributed by atoms with E-state index in [0.717, 1.165) is 40.5 Å². The number of pyridine rings is 1. The van der Waals surface area contributed by atoms with Crippen LogP contribution in [0.15, 0.2) is 53.1 Å². The summed E-state index contributed by atoms with van der Waals surface area (Å²) in [7, 11) is 0. The molecule has 7 heteroatoms. The predicted molar refractivity (Wildman–Crippen MR) is 118 cm³/mol. The summed E-state index contributed by atoms with van der Waals surface area (Å²) in [6.45, 7) is 6.83. The lowest BCUT2D eigenvalue weighted by molar-refractivity contribution is 0.102. The van der Waals surface area contributed by atoms with E-state index in [-0.39, 0.29) is 5.91 Å². The Hall–Kier alpha value is -2.64. The second-order valence-electron chi connectivity index (χ2n) is 7.02. The zero-order valence-corrected chi connectivity index (χ0v) is 18.1. The number of halogens is 1. The van der Waals surface area contributed by atoms with Crippen LogP contribution in [0.3, 0.4) is 0 Å². The van der Waals surface area contributed by atoms with E-state index in [9.17, 15) is 4.79 Å². The fourth-order valence-corrected chi connectivity index (χ4v) is 3.96. The number of hydrogen-bond acceptors (Lipinski definition) is 4. The van der Waals surface area contributed by atoms with Crippen molar-refractivity contribution < 1.29 is 9.53 Å². The molecule has 0 radical (unpaired) electrons. The van der Waals surface area contributed by atoms with Crippen molar-refractivity contribution in [2.24, 2.45) is 0 Å². The summed E-state index contributed by atoms with van der Waals surface area (Å²) in [5.41, 5.74) is 4.31. The summed E-state index contributed by atoms with van der Waals surface area (Å²) in [6.07, 6.45) is 1.75. The topological polar surface area (TPSA) is 59.4 Å². The fraction of sp³-hybridized carbons (Fsp3) is 0.273. The third-order valence-electron chi connectivity index (χ3n) is 5.11. The molecule has 1 aromatic carbocycles. The maximum absolute atomic E-state index is 13.1. The summed E-state index contributed by atoms with van der Waals surface area (Å²) < 4.78 is 8.54. The SMILES string of the molecule is Cc1cc(C(=O)Nc2cccnc2N2CCOCC2)c(C)n1-c1ccc(Br)cc1. The van der Waals surface area contributed by atoms with Crippen LogP contribution in [0.25, 0.3) is 5.69 Å². The standard InChI is InChI=1S/C22H23BrN4O2/c1-15-14-19(16(2)27(15)18-7-5-17(23)6-8-18)22(28)25-20-4-3-9-24-21(20)26-10-12-29-13-11-26/h3-9,14H,10-13H2,1-2H3,(H,25,28). The number of carbonyl (C=O) groups excluding carboxylic acids is 1. The number of ether oxygens (including phenoxy) is 1. The number of hydrogen-bond donors (Lipinski definition) is 1. The number of benzene rings is 1. The van der Waals surface area contributed by atoms with Crippen molar-refractivity contribution >= 4 is 33.3 Å². The third-order valence-corrected chi connectivity index (χ3v) is 5.63. The molecule has 3 heterocycles. The Morgan fingerprint density at radius 1 is 1.14 bits per heavy atom. The Kier molecular flexibility index (Phi) is 5.69. The predicted octanol–water partition coefficient (Wildman–Crippen LogP) is 4.34. The molecule has 0 bridgehead atoms. The maximum atomic E-state index is 13.1. The molecule has 3 aromatic rings. The van der Waals surface area contributed by atoms with E-state index in [4.69, 9.17) is 4.74 Å². The highest BCUT2D eigenvalue weighted by Gasteiger charge is 2.20.